The lowest BCUT2D eigenvalue weighted by molar-refractivity contribution is -0.116. The zero-order chi connectivity index (χ0) is 15.4. The normalized spacial score (nSPS) is 15.9. The van der Waals surface area contributed by atoms with E-state index in [2.05, 4.69) is 20.6 Å². The third kappa shape index (κ3) is 3.96. The van der Waals surface area contributed by atoms with Crippen molar-refractivity contribution >= 4 is 11.7 Å². The van der Waals surface area contributed by atoms with Gasteiger partial charge in [-0.05, 0) is 24.8 Å². The second-order valence-electron chi connectivity index (χ2n) is 6.25. The molecule has 0 unspecified atom stereocenters. The lowest BCUT2D eigenvalue weighted by Crippen LogP contribution is -2.19. The molecule has 0 radical (unpaired) electrons. The van der Waals surface area contributed by atoms with Gasteiger partial charge in [0, 0.05) is 18.0 Å². The summed E-state index contributed by atoms with van der Waals surface area (Å²) in [6.07, 6.45) is 11.3. The van der Waals surface area contributed by atoms with Gasteiger partial charge < -0.3 is 5.32 Å². The predicted molar refractivity (Wildman–Crippen MR) is 84.5 cm³/mol. The van der Waals surface area contributed by atoms with Gasteiger partial charge in [-0.25, -0.2) is 0 Å². The highest BCUT2D eigenvalue weighted by Crippen LogP contribution is 2.26. The van der Waals surface area contributed by atoms with Crippen molar-refractivity contribution < 1.29 is 4.79 Å². The number of hydrogen-bond acceptors (Lipinski definition) is 3. The van der Waals surface area contributed by atoms with Crippen LogP contribution in [0.1, 0.15) is 43.4 Å². The fourth-order valence-corrected chi connectivity index (χ4v) is 3.12. The maximum absolute atomic E-state index is 12.0. The van der Waals surface area contributed by atoms with Crippen molar-refractivity contribution in [3.63, 3.8) is 0 Å². The van der Waals surface area contributed by atoms with Crippen LogP contribution in [0.15, 0.2) is 18.5 Å². The van der Waals surface area contributed by atoms with Gasteiger partial charge in [-0.3, -0.25) is 14.6 Å². The molecule has 1 aliphatic rings. The predicted octanol–water partition coefficient (Wildman–Crippen LogP) is 2.68. The SMILES string of the molecule is Cc1cnn(CC(=O)Nc2cc(CC3CCCCC3)[nH]n2)c1. The average Bonchev–Trinajstić information content (AvgIpc) is 3.09. The number of carbonyl (C=O) groups excluding carboxylic acids is 1. The van der Waals surface area contributed by atoms with Crippen molar-refractivity contribution in [2.45, 2.75) is 52.0 Å². The summed E-state index contributed by atoms with van der Waals surface area (Å²) in [4.78, 5) is 12.0. The molecule has 0 spiro atoms. The first-order chi connectivity index (χ1) is 10.7. The first kappa shape index (κ1) is 14.8. The molecule has 3 rings (SSSR count). The number of aryl methyl sites for hydroxylation is 1. The molecule has 0 aliphatic heterocycles. The van der Waals surface area contributed by atoms with Crippen molar-refractivity contribution in [1.82, 2.24) is 20.0 Å². The van der Waals surface area contributed by atoms with Crippen LogP contribution in [-0.4, -0.2) is 25.9 Å². The van der Waals surface area contributed by atoms with Gasteiger partial charge in [0.15, 0.2) is 5.82 Å². The summed E-state index contributed by atoms with van der Waals surface area (Å²) in [5.41, 5.74) is 2.15. The second kappa shape index (κ2) is 6.77. The van der Waals surface area contributed by atoms with Crippen LogP contribution in [-0.2, 0) is 17.8 Å². The average molecular weight is 301 g/mol. The van der Waals surface area contributed by atoms with Crippen LogP contribution in [0.2, 0.25) is 0 Å². The van der Waals surface area contributed by atoms with E-state index in [0.29, 0.717) is 5.82 Å². The topological polar surface area (TPSA) is 75.6 Å². The summed E-state index contributed by atoms with van der Waals surface area (Å²) in [5, 5.41) is 14.1. The van der Waals surface area contributed by atoms with Gasteiger partial charge in [0.1, 0.15) is 6.54 Å². The Morgan fingerprint density at radius 1 is 1.41 bits per heavy atom. The molecule has 0 bridgehead atoms. The maximum Gasteiger partial charge on any atom is 0.247 e. The lowest BCUT2D eigenvalue weighted by Gasteiger charge is -2.20. The van der Waals surface area contributed by atoms with Crippen molar-refractivity contribution in [1.29, 1.82) is 0 Å². The van der Waals surface area contributed by atoms with Gasteiger partial charge >= 0.3 is 0 Å². The Balaban J connectivity index is 1.51. The molecule has 2 aromatic heterocycles. The molecular weight excluding hydrogens is 278 g/mol. The van der Waals surface area contributed by atoms with Crippen molar-refractivity contribution in [2.24, 2.45) is 5.92 Å². The van der Waals surface area contributed by atoms with Gasteiger partial charge in [0.2, 0.25) is 5.91 Å². The number of aromatic nitrogens is 4. The van der Waals surface area contributed by atoms with Gasteiger partial charge in [-0.2, -0.15) is 10.2 Å². The molecule has 0 atom stereocenters. The number of nitrogens with one attached hydrogen (secondary N) is 2. The molecule has 118 valence electrons. The molecule has 0 saturated heterocycles. The van der Waals surface area contributed by atoms with E-state index in [1.54, 1.807) is 10.9 Å². The quantitative estimate of drug-likeness (QED) is 0.891. The Kier molecular flexibility index (Phi) is 4.56. The van der Waals surface area contributed by atoms with Gasteiger partial charge in [0.25, 0.3) is 0 Å². The molecule has 6 nitrogen and oxygen atoms in total. The molecule has 1 fully saturated rings. The highest BCUT2D eigenvalue weighted by Gasteiger charge is 2.15. The Morgan fingerprint density at radius 2 is 2.23 bits per heavy atom. The molecule has 2 heterocycles. The molecule has 1 saturated carbocycles. The van der Waals surface area contributed by atoms with Crippen LogP contribution in [0.5, 0.6) is 0 Å². The van der Waals surface area contributed by atoms with E-state index in [1.807, 2.05) is 19.2 Å². The zero-order valence-electron chi connectivity index (χ0n) is 13.0. The van der Waals surface area contributed by atoms with E-state index >= 15 is 0 Å². The Morgan fingerprint density at radius 3 is 2.95 bits per heavy atom. The number of amides is 1. The highest BCUT2D eigenvalue weighted by molar-refractivity contribution is 5.89. The summed E-state index contributed by atoms with van der Waals surface area (Å²) < 4.78 is 1.63. The van der Waals surface area contributed by atoms with E-state index in [4.69, 9.17) is 0 Å². The van der Waals surface area contributed by atoms with Crippen LogP contribution >= 0.6 is 0 Å². The molecule has 6 heteroatoms. The molecule has 22 heavy (non-hydrogen) atoms. The smallest absolute Gasteiger partial charge is 0.247 e. The standard InChI is InChI=1S/C16H23N5O/c1-12-9-17-21(10-12)11-16(22)18-15-8-14(19-20-15)7-13-5-3-2-4-6-13/h8-10,13H,2-7,11H2,1H3,(H2,18,19,20,22). The monoisotopic (exact) mass is 301 g/mol. The van der Waals surface area contributed by atoms with Gasteiger partial charge in [-0.1, -0.05) is 32.1 Å². The van der Waals surface area contributed by atoms with Crippen LogP contribution in [0.4, 0.5) is 5.82 Å². The zero-order valence-corrected chi connectivity index (χ0v) is 13.0. The van der Waals surface area contributed by atoms with Gasteiger partial charge in [-0.15, -0.1) is 0 Å². The van der Waals surface area contributed by atoms with Crippen molar-refractivity contribution in [3.05, 3.63) is 29.7 Å². The first-order valence-corrected chi connectivity index (χ1v) is 8.02. The molecule has 2 aromatic rings. The third-order valence-corrected chi connectivity index (χ3v) is 4.20. The molecule has 1 amide bonds. The van der Waals surface area contributed by atoms with Gasteiger partial charge in [0.05, 0.1) is 6.20 Å². The summed E-state index contributed by atoms with van der Waals surface area (Å²) in [7, 11) is 0. The van der Waals surface area contributed by atoms with Crippen molar-refractivity contribution in [2.75, 3.05) is 5.32 Å². The summed E-state index contributed by atoms with van der Waals surface area (Å²) in [6.45, 7) is 2.16. The Hall–Kier alpha value is -2.11. The number of H-pyrrole nitrogens is 1. The largest absolute Gasteiger partial charge is 0.308 e. The fraction of sp³-hybridized carbons (Fsp3) is 0.562. The summed E-state index contributed by atoms with van der Waals surface area (Å²) in [6, 6.07) is 1.95. The maximum atomic E-state index is 12.0. The fourth-order valence-electron chi connectivity index (χ4n) is 3.12. The van der Waals surface area contributed by atoms with E-state index in [0.717, 1.165) is 23.6 Å². The Labute approximate surface area is 130 Å². The van der Waals surface area contributed by atoms with Crippen LogP contribution < -0.4 is 5.32 Å². The number of rotatable bonds is 5. The number of nitrogens with zero attached hydrogens (tertiary/aromatic N) is 3. The number of carbonyl (C=O) groups is 1. The molecule has 0 aromatic carbocycles. The van der Waals surface area contributed by atoms with Crippen LogP contribution in [0, 0.1) is 12.8 Å². The summed E-state index contributed by atoms with van der Waals surface area (Å²) >= 11 is 0. The van der Waals surface area contributed by atoms with Crippen LogP contribution in [0.25, 0.3) is 0 Å². The van der Waals surface area contributed by atoms with E-state index in [9.17, 15) is 4.79 Å². The van der Waals surface area contributed by atoms with Crippen molar-refractivity contribution in [3.8, 4) is 0 Å². The third-order valence-electron chi connectivity index (χ3n) is 4.20. The second-order valence-corrected chi connectivity index (χ2v) is 6.25. The molecular formula is C16H23N5O. The van der Waals surface area contributed by atoms with E-state index < -0.39 is 0 Å². The minimum Gasteiger partial charge on any atom is -0.308 e. The number of anilines is 1. The van der Waals surface area contributed by atoms with Crippen LogP contribution in [0.3, 0.4) is 0 Å². The molecule has 1 aliphatic carbocycles. The Bertz CT molecular complexity index is 624. The summed E-state index contributed by atoms with van der Waals surface area (Å²) in [5.74, 6) is 1.24. The number of hydrogen-bond donors (Lipinski definition) is 2. The van der Waals surface area contributed by atoms with E-state index in [-0.39, 0.29) is 12.5 Å². The lowest BCUT2D eigenvalue weighted by atomic mass is 9.86. The number of aromatic amines is 1. The molecule has 2 N–H and O–H groups in total. The minimum atomic E-state index is -0.112. The minimum absolute atomic E-state index is 0.112. The first-order valence-electron chi connectivity index (χ1n) is 8.02. The highest BCUT2D eigenvalue weighted by atomic mass is 16.2. The van der Waals surface area contributed by atoms with E-state index in [1.165, 1.54) is 32.1 Å².